The molecule has 0 bridgehead atoms. The molecule has 0 rings (SSSR count). The summed E-state index contributed by atoms with van der Waals surface area (Å²) in [6.45, 7) is 8.31. The summed E-state index contributed by atoms with van der Waals surface area (Å²) in [5, 5.41) is 1.17. The summed E-state index contributed by atoms with van der Waals surface area (Å²) in [6.07, 6.45) is 15.7. The summed E-state index contributed by atoms with van der Waals surface area (Å²) in [7, 11) is 0. The summed E-state index contributed by atoms with van der Waals surface area (Å²) in [6, 6.07) is 0. The first-order valence-corrected chi connectivity index (χ1v) is 8.22. The molecule has 2 heteroatoms. The van der Waals surface area contributed by atoms with Gasteiger partial charge in [0.1, 0.15) is 0 Å². The van der Waals surface area contributed by atoms with Gasteiger partial charge >= 0.3 is 125 Å². The second-order valence-corrected chi connectivity index (χ2v) is 5.30. The van der Waals surface area contributed by atoms with Crippen LogP contribution in [0.1, 0.15) is 65.2 Å². The Labute approximate surface area is 125 Å². The molecule has 0 heterocycles. The first-order valence-electron chi connectivity index (χ1n) is 8.22. The van der Waals surface area contributed by atoms with Crippen molar-refractivity contribution < 1.29 is 0 Å². The zero-order chi connectivity index (χ0) is 13.5. The van der Waals surface area contributed by atoms with Crippen molar-refractivity contribution in [3.63, 3.8) is 0 Å². The first-order chi connectivity index (χ1) is 8.85. The van der Waals surface area contributed by atoms with Crippen molar-refractivity contribution in [1.82, 2.24) is 4.90 Å². The van der Waals surface area contributed by atoms with E-state index in [1.807, 2.05) is 0 Å². The second-order valence-electron chi connectivity index (χ2n) is 5.30. The van der Waals surface area contributed by atoms with Gasteiger partial charge in [0.25, 0.3) is 0 Å². The number of hydrogen-bond acceptors (Lipinski definition) is 1. The molecular formula is C16H32LiN. The third-order valence-corrected chi connectivity index (χ3v) is 3.42. The zero-order valence-electron chi connectivity index (χ0n) is 13.1. The fourth-order valence-electron chi connectivity index (χ4n) is 2.21. The van der Waals surface area contributed by atoms with E-state index in [1.54, 1.807) is 0 Å². The maximum atomic E-state index is 2.64. The molecule has 0 atom stereocenters. The van der Waals surface area contributed by atoms with Gasteiger partial charge in [0, 0.05) is 0 Å². The number of unbranched alkanes of at least 4 members (excludes halogenated alkanes) is 6. The van der Waals surface area contributed by atoms with Crippen LogP contribution in [-0.2, 0) is 0 Å². The molecule has 1 nitrogen and oxygen atoms in total. The molecule has 0 radical (unpaired) electrons. The van der Waals surface area contributed by atoms with E-state index in [9.17, 15) is 0 Å². The second kappa shape index (κ2) is 15.4. The molecular weight excluding hydrogens is 213 g/mol. The molecule has 0 unspecified atom stereocenters. The summed E-state index contributed by atoms with van der Waals surface area (Å²) in [5.74, 6) is 0. The van der Waals surface area contributed by atoms with Crippen LogP contribution >= 0.6 is 0 Å². The van der Waals surface area contributed by atoms with Gasteiger partial charge < -0.3 is 0 Å². The van der Waals surface area contributed by atoms with Crippen LogP contribution < -0.4 is 0 Å². The quantitative estimate of drug-likeness (QED) is 0.260. The monoisotopic (exact) mass is 245 g/mol. The molecule has 0 aromatic carbocycles. The molecule has 102 valence electrons. The molecule has 0 aliphatic carbocycles. The minimum atomic E-state index is 1.16. The summed E-state index contributed by atoms with van der Waals surface area (Å²) in [4.78, 5) is 2.64. The van der Waals surface area contributed by atoms with Crippen molar-refractivity contribution in [2.45, 2.75) is 70.3 Å². The van der Waals surface area contributed by atoms with Gasteiger partial charge in [-0.1, -0.05) is 0 Å². The molecule has 0 spiro atoms. The molecule has 0 saturated heterocycles. The van der Waals surface area contributed by atoms with Crippen molar-refractivity contribution >= 4 is 17.7 Å². The molecule has 0 saturated carbocycles. The third kappa shape index (κ3) is 12.7. The number of nitrogens with zero attached hydrogens (tertiary/aromatic N) is 1. The van der Waals surface area contributed by atoms with Crippen molar-refractivity contribution in [1.29, 1.82) is 0 Å². The molecule has 0 aliphatic rings. The van der Waals surface area contributed by atoms with Crippen LogP contribution in [-0.4, -0.2) is 42.2 Å². The average molecular weight is 245 g/mol. The van der Waals surface area contributed by atoms with E-state index in [1.165, 1.54) is 69.5 Å². The molecule has 0 aromatic rings. The van der Waals surface area contributed by atoms with Crippen LogP contribution in [0.4, 0.5) is 0 Å². The van der Waals surface area contributed by atoms with E-state index in [-0.39, 0.29) is 0 Å². The van der Waals surface area contributed by atoms with E-state index in [2.05, 4.69) is 48.6 Å². The Balaban J connectivity index is 3.73. The van der Waals surface area contributed by atoms with Gasteiger partial charge in [0.15, 0.2) is 0 Å². The van der Waals surface area contributed by atoms with Crippen LogP contribution in [0.25, 0.3) is 0 Å². The van der Waals surface area contributed by atoms with Crippen molar-refractivity contribution in [2.24, 2.45) is 0 Å². The Hall–Kier alpha value is 0.297. The maximum absolute atomic E-state index is 2.64. The average Bonchev–Trinajstić information content (AvgIpc) is 2.39. The van der Waals surface area contributed by atoms with Gasteiger partial charge in [0.05, 0.1) is 0 Å². The molecule has 0 fully saturated rings. The molecule has 0 N–H and O–H groups in total. The van der Waals surface area contributed by atoms with Crippen LogP contribution in [0.5, 0.6) is 0 Å². The summed E-state index contributed by atoms with van der Waals surface area (Å²) in [5.41, 5.74) is 0. The Morgan fingerprint density at radius 1 is 0.778 bits per heavy atom. The zero-order valence-corrected chi connectivity index (χ0v) is 13.1. The SMILES string of the molecule is [Li][CH2]C=CCN(CCCCCC)CCCCCC. The van der Waals surface area contributed by atoms with E-state index in [0.717, 1.165) is 6.54 Å². The Morgan fingerprint density at radius 3 is 1.78 bits per heavy atom. The van der Waals surface area contributed by atoms with Crippen LogP contribution in [0.3, 0.4) is 0 Å². The predicted molar refractivity (Wildman–Crippen MR) is 84.4 cm³/mol. The fourth-order valence-corrected chi connectivity index (χ4v) is 2.21. The molecule has 0 aliphatic heterocycles. The molecule has 18 heavy (non-hydrogen) atoms. The summed E-state index contributed by atoms with van der Waals surface area (Å²) >= 11 is 2.21. The molecule has 0 aromatic heterocycles. The predicted octanol–water partition coefficient (Wildman–Crippen LogP) is 4.59. The van der Waals surface area contributed by atoms with Crippen LogP contribution in [0, 0.1) is 0 Å². The minimum absolute atomic E-state index is 1.16. The topological polar surface area (TPSA) is 3.24 Å². The Bertz CT molecular complexity index is 168. The van der Waals surface area contributed by atoms with Crippen LogP contribution in [0.15, 0.2) is 12.2 Å². The van der Waals surface area contributed by atoms with Crippen LogP contribution in [0.2, 0.25) is 5.09 Å². The van der Waals surface area contributed by atoms with E-state index in [0.29, 0.717) is 0 Å². The van der Waals surface area contributed by atoms with Crippen molar-refractivity contribution in [2.75, 3.05) is 19.6 Å². The van der Waals surface area contributed by atoms with Gasteiger partial charge in [-0.25, -0.2) is 0 Å². The van der Waals surface area contributed by atoms with Gasteiger partial charge in [-0.2, -0.15) is 0 Å². The summed E-state index contributed by atoms with van der Waals surface area (Å²) < 4.78 is 0. The third-order valence-electron chi connectivity index (χ3n) is 3.42. The van der Waals surface area contributed by atoms with Gasteiger partial charge in [-0.15, -0.1) is 0 Å². The number of hydrogen-bond donors (Lipinski definition) is 0. The molecule has 0 amide bonds. The Kier molecular flexibility index (Phi) is 15.6. The number of rotatable bonds is 13. The van der Waals surface area contributed by atoms with Gasteiger partial charge in [-0.3, -0.25) is 0 Å². The van der Waals surface area contributed by atoms with E-state index < -0.39 is 0 Å². The normalized spacial score (nSPS) is 11.8. The van der Waals surface area contributed by atoms with Gasteiger partial charge in [-0.05, 0) is 0 Å². The van der Waals surface area contributed by atoms with Crippen molar-refractivity contribution in [3.8, 4) is 0 Å². The Morgan fingerprint density at radius 2 is 1.33 bits per heavy atom. The van der Waals surface area contributed by atoms with Crippen molar-refractivity contribution in [3.05, 3.63) is 12.2 Å². The fraction of sp³-hybridized carbons (Fsp3) is 0.875. The number of allylic oxidation sites excluding steroid dienone is 1. The standard InChI is InChI=1S/C16H32N.Li/c1-4-7-10-12-15-17(14-9-6-3)16-13-11-8-5-2;/h6,9H,3-5,7-8,10-16H2,1-2H3;. The first kappa shape index (κ1) is 18.3. The van der Waals surface area contributed by atoms with E-state index in [4.69, 9.17) is 0 Å². The van der Waals surface area contributed by atoms with E-state index >= 15 is 0 Å². The van der Waals surface area contributed by atoms with Gasteiger partial charge in [0.2, 0.25) is 0 Å².